The van der Waals surface area contributed by atoms with Gasteiger partial charge in [-0.3, -0.25) is 9.59 Å². The molecular weight excluding hydrogens is 250 g/mol. The second kappa shape index (κ2) is 6.96. The van der Waals surface area contributed by atoms with Gasteiger partial charge in [0, 0.05) is 19.6 Å². The highest BCUT2D eigenvalue weighted by Crippen LogP contribution is 2.19. The Kier molecular flexibility index (Phi) is 5.59. The van der Waals surface area contributed by atoms with Crippen LogP contribution in [0.2, 0.25) is 0 Å². The van der Waals surface area contributed by atoms with Gasteiger partial charge in [0.05, 0.1) is 6.42 Å². The molecule has 2 unspecified atom stereocenters. The number of nitrogens with one attached hydrogen (secondary N) is 2. The van der Waals surface area contributed by atoms with Crippen LogP contribution in [0.25, 0.3) is 0 Å². The number of carboxylic acid groups (broad SMARTS) is 1. The Bertz CT molecular complexity index is 359. The Labute approximate surface area is 112 Å². The zero-order valence-corrected chi connectivity index (χ0v) is 11.3. The lowest BCUT2D eigenvalue weighted by Crippen LogP contribution is -2.53. The fourth-order valence-electron chi connectivity index (χ4n) is 2.23. The van der Waals surface area contributed by atoms with Gasteiger partial charge in [-0.1, -0.05) is 0 Å². The summed E-state index contributed by atoms with van der Waals surface area (Å²) in [7, 11) is 1.50. The molecule has 0 aromatic heterocycles. The number of hydrogen-bond acceptors (Lipinski definition) is 3. The van der Waals surface area contributed by atoms with Crippen molar-refractivity contribution in [2.75, 3.05) is 13.6 Å². The SMILES string of the molecule is CNC(=O)C(C)NC(=O)N1CCCCC1CC(=O)O. The van der Waals surface area contributed by atoms with Gasteiger partial charge in [0.15, 0.2) is 0 Å². The molecule has 0 saturated carbocycles. The number of hydrogen-bond donors (Lipinski definition) is 3. The van der Waals surface area contributed by atoms with Crippen molar-refractivity contribution in [3.63, 3.8) is 0 Å². The van der Waals surface area contributed by atoms with Crippen molar-refractivity contribution in [2.24, 2.45) is 0 Å². The van der Waals surface area contributed by atoms with Crippen LogP contribution in [-0.4, -0.2) is 53.6 Å². The summed E-state index contributed by atoms with van der Waals surface area (Å²) in [6.45, 7) is 2.12. The molecule has 0 aliphatic carbocycles. The fourth-order valence-corrected chi connectivity index (χ4v) is 2.23. The summed E-state index contributed by atoms with van der Waals surface area (Å²) in [5.41, 5.74) is 0. The molecule has 3 N–H and O–H groups in total. The Hall–Kier alpha value is -1.79. The van der Waals surface area contributed by atoms with Gasteiger partial charge < -0.3 is 20.6 Å². The van der Waals surface area contributed by atoms with Crippen LogP contribution in [-0.2, 0) is 9.59 Å². The maximum Gasteiger partial charge on any atom is 0.318 e. The highest BCUT2D eigenvalue weighted by Gasteiger charge is 2.29. The molecule has 1 heterocycles. The molecule has 7 heteroatoms. The molecule has 0 bridgehead atoms. The number of carboxylic acids is 1. The predicted octanol–water partition coefficient (Wildman–Crippen LogP) is 0.160. The number of aliphatic carboxylic acids is 1. The normalized spacial score (nSPS) is 20.5. The summed E-state index contributed by atoms with van der Waals surface area (Å²) in [5.74, 6) is -1.19. The fraction of sp³-hybridized carbons (Fsp3) is 0.750. The molecule has 1 saturated heterocycles. The van der Waals surface area contributed by atoms with E-state index in [2.05, 4.69) is 10.6 Å². The van der Waals surface area contributed by atoms with Crippen molar-refractivity contribution in [1.29, 1.82) is 0 Å². The van der Waals surface area contributed by atoms with Gasteiger partial charge in [-0.05, 0) is 26.2 Å². The Balaban J connectivity index is 2.61. The van der Waals surface area contributed by atoms with Gasteiger partial charge in [-0.15, -0.1) is 0 Å². The molecule has 0 radical (unpaired) electrons. The van der Waals surface area contributed by atoms with E-state index in [0.29, 0.717) is 13.0 Å². The standard InChI is InChI=1S/C12H21N3O4/c1-8(11(18)13-2)14-12(19)15-6-4-3-5-9(15)7-10(16)17/h8-9H,3-7H2,1-2H3,(H,13,18)(H,14,19)(H,16,17). The van der Waals surface area contributed by atoms with Crippen LogP contribution in [0.1, 0.15) is 32.6 Å². The third-order valence-corrected chi connectivity index (χ3v) is 3.28. The van der Waals surface area contributed by atoms with Crippen LogP contribution < -0.4 is 10.6 Å². The lowest BCUT2D eigenvalue weighted by molar-refractivity contribution is -0.138. The van der Waals surface area contributed by atoms with Gasteiger partial charge in [0.1, 0.15) is 6.04 Å². The first-order valence-corrected chi connectivity index (χ1v) is 6.46. The Morgan fingerprint density at radius 2 is 2.05 bits per heavy atom. The van der Waals surface area contributed by atoms with E-state index in [9.17, 15) is 14.4 Å². The summed E-state index contributed by atoms with van der Waals surface area (Å²) in [6.07, 6.45) is 2.42. The van der Waals surface area contributed by atoms with Crippen molar-refractivity contribution in [3.05, 3.63) is 0 Å². The lowest BCUT2D eigenvalue weighted by atomic mass is 10.00. The number of nitrogens with zero attached hydrogens (tertiary/aromatic N) is 1. The Morgan fingerprint density at radius 3 is 2.63 bits per heavy atom. The van der Waals surface area contributed by atoms with Crippen molar-refractivity contribution in [1.82, 2.24) is 15.5 Å². The minimum absolute atomic E-state index is 0.0538. The van der Waals surface area contributed by atoms with Crippen LogP contribution in [0.15, 0.2) is 0 Å². The first-order chi connectivity index (χ1) is 8.95. The number of piperidine rings is 1. The molecule has 0 aromatic rings. The first-order valence-electron chi connectivity index (χ1n) is 6.46. The maximum atomic E-state index is 12.1. The number of rotatable bonds is 4. The molecule has 2 atom stereocenters. The van der Waals surface area contributed by atoms with E-state index in [1.807, 2.05) is 0 Å². The molecule has 1 aliphatic heterocycles. The number of amides is 3. The predicted molar refractivity (Wildman–Crippen MR) is 68.7 cm³/mol. The van der Waals surface area contributed by atoms with Crippen molar-refractivity contribution in [3.8, 4) is 0 Å². The molecule has 19 heavy (non-hydrogen) atoms. The molecular formula is C12H21N3O4. The minimum Gasteiger partial charge on any atom is -0.481 e. The smallest absolute Gasteiger partial charge is 0.318 e. The van der Waals surface area contributed by atoms with Crippen molar-refractivity contribution < 1.29 is 19.5 Å². The monoisotopic (exact) mass is 271 g/mol. The summed E-state index contributed by atoms with van der Waals surface area (Å²) in [4.78, 5) is 35.7. The van der Waals surface area contributed by atoms with Crippen molar-refractivity contribution in [2.45, 2.75) is 44.7 Å². The maximum absolute atomic E-state index is 12.1. The van der Waals surface area contributed by atoms with Gasteiger partial charge in [0.25, 0.3) is 0 Å². The van der Waals surface area contributed by atoms with Gasteiger partial charge in [0.2, 0.25) is 5.91 Å². The zero-order valence-electron chi connectivity index (χ0n) is 11.3. The molecule has 7 nitrogen and oxygen atoms in total. The second-order valence-electron chi connectivity index (χ2n) is 4.73. The summed E-state index contributed by atoms with van der Waals surface area (Å²) in [6, 6.07) is -1.30. The van der Waals surface area contributed by atoms with E-state index in [-0.39, 0.29) is 24.4 Å². The number of carbonyl (C=O) groups excluding carboxylic acids is 2. The molecule has 3 amide bonds. The molecule has 1 rings (SSSR count). The van der Waals surface area contributed by atoms with Crippen LogP contribution >= 0.6 is 0 Å². The molecule has 1 fully saturated rings. The number of likely N-dealkylation sites (N-methyl/N-ethyl adjacent to an activating group) is 1. The van der Waals surface area contributed by atoms with Crippen LogP contribution in [0.5, 0.6) is 0 Å². The van der Waals surface area contributed by atoms with Gasteiger partial charge >= 0.3 is 12.0 Å². The largest absolute Gasteiger partial charge is 0.481 e. The van der Waals surface area contributed by atoms with Gasteiger partial charge in [-0.25, -0.2) is 4.79 Å². The third-order valence-electron chi connectivity index (χ3n) is 3.28. The van der Waals surface area contributed by atoms with E-state index >= 15 is 0 Å². The second-order valence-corrected chi connectivity index (χ2v) is 4.73. The van der Waals surface area contributed by atoms with Gasteiger partial charge in [-0.2, -0.15) is 0 Å². The molecule has 0 aromatic carbocycles. The average Bonchev–Trinajstić information content (AvgIpc) is 2.37. The highest BCUT2D eigenvalue weighted by atomic mass is 16.4. The number of urea groups is 1. The summed E-state index contributed by atoms with van der Waals surface area (Å²) in [5, 5.41) is 13.9. The van der Waals surface area contributed by atoms with Crippen LogP contribution in [0.3, 0.4) is 0 Å². The van der Waals surface area contributed by atoms with E-state index in [1.54, 1.807) is 6.92 Å². The quantitative estimate of drug-likeness (QED) is 0.678. The molecule has 0 spiro atoms. The van der Waals surface area contributed by atoms with E-state index in [0.717, 1.165) is 12.8 Å². The highest BCUT2D eigenvalue weighted by molar-refractivity contribution is 5.86. The van der Waals surface area contributed by atoms with Crippen LogP contribution in [0, 0.1) is 0 Å². The van der Waals surface area contributed by atoms with E-state index in [1.165, 1.54) is 11.9 Å². The van der Waals surface area contributed by atoms with E-state index in [4.69, 9.17) is 5.11 Å². The third kappa shape index (κ3) is 4.42. The topological polar surface area (TPSA) is 98.7 Å². The Morgan fingerprint density at radius 1 is 1.37 bits per heavy atom. The zero-order chi connectivity index (χ0) is 14.4. The summed E-state index contributed by atoms with van der Waals surface area (Å²) >= 11 is 0. The first kappa shape index (κ1) is 15.3. The number of carbonyl (C=O) groups is 3. The molecule has 108 valence electrons. The minimum atomic E-state index is -0.913. The average molecular weight is 271 g/mol. The van der Waals surface area contributed by atoms with Crippen LogP contribution in [0.4, 0.5) is 4.79 Å². The van der Waals surface area contributed by atoms with E-state index < -0.39 is 12.0 Å². The summed E-state index contributed by atoms with van der Waals surface area (Å²) < 4.78 is 0. The lowest BCUT2D eigenvalue weighted by Gasteiger charge is -2.35. The molecule has 1 aliphatic rings. The number of likely N-dealkylation sites (tertiary alicyclic amines) is 1. The van der Waals surface area contributed by atoms with Crippen molar-refractivity contribution >= 4 is 17.9 Å².